The van der Waals surface area contributed by atoms with Crippen LogP contribution in [-0.4, -0.2) is 7.05 Å². The molecule has 0 spiro atoms. The summed E-state index contributed by atoms with van der Waals surface area (Å²) < 4.78 is 0. The standard InChI is InChI=1S/C15H17NS/c1-4-12-6-5-7-13(10-12)15-9-8-14(17-15)11(2)16-3/h5-10,16H,2,4H2,1,3H3. The molecule has 1 aromatic carbocycles. The minimum Gasteiger partial charge on any atom is -0.387 e. The molecule has 1 N–H and O–H groups in total. The Kier molecular flexibility index (Phi) is 3.64. The lowest BCUT2D eigenvalue weighted by atomic mass is 10.1. The molecule has 2 rings (SSSR count). The number of hydrogen-bond acceptors (Lipinski definition) is 2. The third kappa shape index (κ3) is 2.59. The van der Waals surface area contributed by atoms with Crippen LogP contribution in [0.5, 0.6) is 0 Å². The lowest BCUT2D eigenvalue weighted by Gasteiger charge is -2.02. The van der Waals surface area contributed by atoms with Crippen LogP contribution in [-0.2, 0) is 6.42 Å². The van der Waals surface area contributed by atoms with Crippen molar-refractivity contribution < 1.29 is 0 Å². The Morgan fingerprint density at radius 2 is 2.12 bits per heavy atom. The average molecular weight is 243 g/mol. The number of thiophene rings is 1. The van der Waals surface area contributed by atoms with E-state index in [1.54, 1.807) is 11.3 Å². The molecule has 0 saturated heterocycles. The summed E-state index contributed by atoms with van der Waals surface area (Å²) in [6.45, 7) is 6.17. The molecule has 0 unspecified atom stereocenters. The lowest BCUT2D eigenvalue weighted by Crippen LogP contribution is -2.00. The van der Waals surface area contributed by atoms with Gasteiger partial charge in [-0.15, -0.1) is 11.3 Å². The molecule has 1 nitrogen and oxygen atoms in total. The highest BCUT2D eigenvalue weighted by Gasteiger charge is 2.04. The van der Waals surface area contributed by atoms with Gasteiger partial charge in [-0.1, -0.05) is 37.8 Å². The average Bonchev–Trinajstić information content (AvgIpc) is 2.87. The van der Waals surface area contributed by atoms with E-state index < -0.39 is 0 Å². The Balaban J connectivity index is 2.33. The van der Waals surface area contributed by atoms with E-state index in [4.69, 9.17) is 0 Å². The normalized spacial score (nSPS) is 10.2. The molecule has 0 aliphatic carbocycles. The zero-order chi connectivity index (χ0) is 12.3. The van der Waals surface area contributed by atoms with Crippen molar-refractivity contribution in [1.29, 1.82) is 0 Å². The SMILES string of the molecule is C=C(NC)c1ccc(-c2cccc(CC)c2)s1. The van der Waals surface area contributed by atoms with Crippen LogP contribution in [0.3, 0.4) is 0 Å². The quantitative estimate of drug-likeness (QED) is 0.850. The molecule has 88 valence electrons. The second kappa shape index (κ2) is 5.19. The van der Waals surface area contributed by atoms with E-state index in [-0.39, 0.29) is 0 Å². The number of hydrogen-bond donors (Lipinski definition) is 1. The molecular formula is C15H17NS. The fraction of sp³-hybridized carbons (Fsp3) is 0.200. The minimum atomic E-state index is 0.980. The van der Waals surface area contributed by atoms with Crippen LogP contribution < -0.4 is 5.32 Å². The van der Waals surface area contributed by atoms with Gasteiger partial charge in [0.25, 0.3) is 0 Å². The van der Waals surface area contributed by atoms with E-state index in [0.717, 1.165) is 12.1 Å². The molecule has 0 atom stereocenters. The summed E-state index contributed by atoms with van der Waals surface area (Å²) in [5.41, 5.74) is 3.65. The third-order valence-corrected chi connectivity index (χ3v) is 4.02. The van der Waals surface area contributed by atoms with Gasteiger partial charge in [0, 0.05) is 17.6 Å². The van der Waals surface area contributed by atoms with Gasteiger partial charge < -0.3 is 5.32 Å². The van der Waals surface area contributed by atoms with Crippen molar-refractivity contribution in [2.75, 3.05) is 7.05 Å². The van der Waals surface area contributed by atoms with Crippen molar-refractivity contribution in [2.45, 2.75) is 13.3 Å². The molecule has 0 aliphatic rings. The predicted octanol–water partition coefficient (Wildman–Crippen LogP) is 4.17. The molecule has 0 amide bonds. The second-order valence-corrected chi connectivity index (χ2v) is 5.03. The van der Waals surface area contributed by atoms with Crippen LogP contribution in [0.4, 0.5) is 0 Å². The van der Waals surface area contributed by atoms with Crippen molar-refractivity contribution in [2.24, 2.45) is 0 Å². The molecule has 0 bridgehead atoms. The maximum atomic E-state index is 3.98. The van der Waals surface area contributed by atoms with Crippen LogP contribution in [0, 0.1) is 0 Å². The molecule has 0 aliphatic heterocycles. The van der Waals surface area contributed by atoms with Crippen molar-refractivity contribution >= 4 is 17.0 Å². The summed E-state index contributed by atoms with van der Waals surface area (Å²) >= 11 is 1.78. The number of nitrogens with one attached hydrogen (secondary N) is 1. The molecule has 0 saturated carbocycles. The Labute approximate surface area is 107 Å². The molecule has 0 radical (unpaired) electrons. The van der Waals surface area contributed by atoms with Crippen LogP contribution in [0.25, 0.3) is 16.1 Å². The smallest absolute Gasteiger partial charge is 0.0502 e. The van der Waals surface area contributed by atoms with Gasteiger partial charge in [-0.2, -0.15) is 0 Å². The molecule has 2 aromatic rings. The Hall–Kier alpha value is -1.54. The fourth-order valence-corrected chi connectivity index (χ4v) is 2.70. The largest absolute Gasteiger partial charge is 0.387 e. The first-order valence-electron chi connectivity index (χ1n) is 5.80. The van der Waals surface area contributed by atoms with E-state index in [1.807, 2.05) is 7.05 Å². The van der Waals surface area contributed by atoms with Crippen molar-refractivity contribution in [1.82, 2.24) is 5.32 Å². The lowest BCUT2D eigenvalue weighted by molar-refractivity contribution is 1.14. The highest BCUT2D eigenvalue weighted by molar-refractivity contribution is 7.16. The second-order valence-electron chi connectivity index (χ2n) is 3.95. The van der Waals surface area contributed by atoms with Gasteiger partial charge >= 0.3 is 0 Å². The number of benzene rings is 1. The van der Waals surface area contributed by atoms with Crippen LogP contribution in [0.2, 0.25) is 0 Å². The highest BCUT2D eigenvalue weighted by Crippen LogP contribution is 2.31. The van der Waals surface area contributed by atoms with E-state index in [2.05, 4.69) is 55.2 Å². The van der Waals surface area contributed by atoms with E-state index in [9.17, 15) is 0 Å². The maximum Gasteiger partial charge on any atom is 0.0502 e. The first-order valence-corrected chi connectivity index (χ1v) is 6.62. The van der Waals surface area contributed by atoms with Crippen LogP contribution in [0.1, 0.15) is 17.4 Å². The zero-order valence-electron chi connectivity index (χ0n) is 10.3. The predicted molar refractivity (Wildman–Crippen MR) is 77.2 cm³/mol. The number of aryl methyl sites for hydroxylation is 1. The summed E-state index contributed by atoms with van der Waals surface area (Å²) in [6, 6.07) is 13.0. The van der Waals surface area contributed by atoms with Gasteiger partial charge in [0.05, 0.1) is 4.88 Å². The molecule has 1 aromatic heterocycles. The third-order valence-electron chi connectivity index (χ3n) is 2.82. The molecule has 17 heavy (non-hydrogen) atoms. The van der Waals surface area contributed by atoms with Gasteiger partial charge in [-0.25, -0.2) is 0 Å². The first-order chi connectivity index (χ1) is 8.24. The Morgan fingerprint density at radius 3 is 2.82 bits per heavy atom. The van der Waals surface area contributed by atoms with Gasteiger partial charge in [-0.3, -0.25) is 0 Å². The Bertz CT molecular complexity index is 525. The number of rotatable bonds is 4. The fourth-order valence-electron chi connectivity index (χ4n) is 1.72. The molecule has 0 fully saturated rings. The monoisotopic (exact) mass is 243 g/mol. The molecule has 2 heteroatoms. The van der Waals surface area contributed by atoms with E-state index >= 15 is 0 Å². The maximum absolute atomic E-state index is 3.98. The van der Waals surface area contributed by atoms with Crippen molar-refractivity contribution in [3.8, 4) is 10.4 Å². The van der Waals surface area contributed by atoms with Crippen LogP contribution >= 0.6 is 11.3 Å². The summed E-state index contributed by atoms with van der Waals surface area (Å²) in [5, 5.41) is 3.08. The summed E-state index contributed by atoms with van der Waals surface area (Å²) in [4.78, 5) is 2.50. The summed E-state index contributed by atoms with van der Waals surface area (Å²) in [7, 11) is 1.90. The van der Waals surface area contributed by atoms with Gasteiger partial charge in [0.2, 0.25) is 0 Å². The van der Waals surface area contributed by atoms with E-state index in [1.165, 1.54) is 20.9 Å². The first kappa shape index (κ1) is 11.9. The van der Waals surface area contributed by atoms with Crippen molar-refractivity contribution in [3.63, 3.8) is 0 Å². The molecule has 1 heterocycles. The van der Waals surface area contributed by atoms with Crippen molar-refractivity contribution in [3.05, 3.63) is 53.4 Å². The highest BCUT2D eigenvalue weighted by atomic mass is 32.1. The summed E-state index contributed by atoms with van der Waals surface area (Å²) in [6.07, 6.45) is 1.08. The summed E-state index contributed by atoms with van der Waals surface area (Å²) in [5.74, 6) is 0. The molecular weight excluding hydrogens is 226 g/mol. The minimum absolute atomic E-state index is 0.980. The van der Waals surface area contributed by atoms with Gasteiger partial charge in [0.1, 0.15) is 0 Å². The van der Waals surface area contributed by atoms with Crippen LogP contribution in [0.15, 0.2) is 43.0 Å². The van der Waals surface area contributed by atoms with Gasteiger partial charge in [0.15, 0.2) is 0 Å². The van der Waals surface area contributed by atoms with Gasteiger partial charge in [-0.05, 0) is 29.7 Å². The topological polar surface area (TPSA) is 12.0 Å². The zero-order valence-corrected chi connectivity index (χ0v) is 11.1. The van der Waals surface area contributed by atoms with E-state index in [0.29, 0.717) is 0 Å². The Morgan fingerprint density at radius 1 is 1.29 bits per heavy atom.